The van der Waals surface area contributed by atoms with Gasteiger partial charge in [-0.05, 0) is 42.4 Å². The van der Waals surface area contributed by atoms with Crippen LogP contribution in [0.15, 0.2) is 84.9 Å². The molecule has 3 rings (SSSR count). The lowest BCUT2D eigenvalue weighted by atomic mass is 9.91. The van der Waals surface area contributed by atoms with Crippen molar-refractivity contribution in [2.24, 2.45) is 0 Å². The van der Waals surface area contributed by atoms with Gasteiger partial charge >= 0.3 is 0 Å². The predicted molar refractivity (Wildman–Crippen MR) is 134 cm³/mol. The fourth-order valence-electron chi connectivity index (χ4n) is 3.31. The molecular formula is C26H27N3O4S. The summed E-state index contributed by atoms with van der Waals surface area (Å²) in [6.45, 7) is 3.22. The number of carbonyl (C=O) groups excluding carboxylic acids is 2. The van der Waals surface area contributed by atoms with Crippen molar-refractivity contribution < 1.29 is 19.1 Å². The molecule has 3 N–H and O–H groups in total. The second kappa shape index (κ2) is 13.1. The first kappa shape index (κ1) is 24.9. The van der Waals surface area contributed by atoms with Crippen molar-refractivity contribution >= 4 is 29.1 Å². The first-order chi connectivity index (χ1) is 16.6. The lowest BCUT2D eigenvalue weighted by molar-refractivity contribution is -0.122. The van der Waals surface area contributed by atoms with E-state index in [0.29, 0.717) is 31.1 Å². The maximum Gasteiger partial charge on any atom is 0.261 e. The lowest BCUT2D eigenvalue weighted by Crippen LogP contribution is -2.49. The third-order valence-electron chi connectivity index (χ3n) is 4.88. The van der Waals surface area contributed by atoms with Gasteiger partial charge in [0.2, 0.25) is 5.91 Å². The van der Waals surface area contributed by atoms with Crippen molar-refractivity contribution in [3.63, 3.8) is 0 Å². The molecule has 0 aliphatic heterocycles. The van der Waals surface area contributed by atoms with Gasteiger partial charge in [0.15, 0.2) is 5.11 Å². The Labute approximate surface area is 204 Å². The summed E-state index contributed by atoms with van der Waals surface area (Å²) in [5.74, 6) is -0.900. The molecule has 34 heavy (non-hydrogen) atoms. The number of rotatable bonds is 9. The summed E-state index contributed by atoms with van der Waals surface area (Å²) in [5.41, 5.74) is 7.22. The van der Waals surface area contributed by atoms with Gasteiger partial charge in [-0.3, -0.25) is 25.8 Å². The summed E-state index contributed by atoms with van der Waals surface area (Å²) in [6.07, 6.45) is 0. The molecular weight excluding hydrogens is 450 g/mol. The van der Waals surface area contributed by atoms with Gasteiger partial charge in [0.25, 0.3) is 5.91 Å². The monoisotopic (exact) mass is 477 g/mol. The average molecular weight is 478 g/mol. The Morgan fingerprint density at radius 2 is 1.41 bits per heavy atom. The summed E-state index contributed by atoms with van der Waals surface area (Å²) in [7, 11) is 0. The van der Waals surface area contributed by atoms with E-state index in [0.717, 1.165) is 11.1 Å². The smallest absolute Gasteiger partial charge is 0.261 e. The number of para-hydroxylation sites is 1. The van der Waals surface area contributed by atoms with Gasteiger partial charge in [-0.15, -0.1) is 0 Å². The summed E-state index contributed by atoms with van der Waals surface area (Å²) in [5, 5.41) is 2.53. The Hall–Kier alpha value is -3.75. The molecule has 0 aliphatic rings. The van der Waals surface area contributed by atoms with E-state index in [2.05, 4.69) is 16.2 Å². The van der Waals surface area contributed by atoms with E-state index in [1.807, 2.05) is 67.6 Å². The highest BCUT2D eigenvalue weighted by Crippen LogP contribution is 2.24. The van der Waals surface area contributed by atoms with Crippen molar-refractivity contribution in [1.82, 2.24) is 16.2 Å². The number of amides is 2. The number of benzene rings is 3. The predicted octanol–water partition coefficient (Wildman–Crippen LogP) is 3.57. The van der Waals surface area contributed by atoms with Gasteiger partial charge in [0, 0.05) is 6.61 Å². The van der Waals surface area contributed by atoms with Crippen LogP contribution in [0.25, 0.3) is 0 Å². The van der Waals surface area contributed by atoms with Gasteiger partial charge in [0.1, 0.15) is 12.4 Å². The quantitative estimate of drug-likeness (QED) is 0.248. The highest BCUT2D eigenvalue weighted by atomic mass is 32.1. The molecule has 0 unspecified atom stereocenters. The van der Waals surface area contributed by atoms with Crippen molar-refractivity contribution in [3.8, 4) is 5.75 Å². The van der Waals surface area contributed by atoms with Crippen LogP contribution in [0.5, 0.6) is 5.75 Å². The molecule has 0 spiro atoms. The Balaban J connectivity index is 1.61. The molecule has 0 aliphatic carbocycles. The number of ether oxygens (including phenoxy) is 2. The standard InChI is InChI=1S/C26H27N3O4S/c1-2-32-17-18-33-22-16-10-9-15-21(22)24(30)27-26(34)29-28-25(31)23(19-11-5-3-6-12-19)20-13-7-4-8-14-20/h3-16,23H,2,17-18H2,1H3,(H,28,31)(H2,27,29,30,34). The van der Waals surface area contributed by atoms with Crippen LogP contribution in [0.3, 0.4) is 0 Å². The summed E-state index contributed by atoms with van der Waals surface area (Å²) < 4.78 is 10.9. The molecule has 0 atom stereocenters. The first-order valence-corrected chi connectivity index (χ1v) is 11.3. The maximum absolute atomic E-state index is 13.1. The van der Waals surface area contributed by atoms with Crippen LogP contribution in [-0.4, -0.2) is 36.7 Å². The zero-order chi connectivity index (χ0) is 24.2. The number of hydrogen-bond acceptors (Lipinski definition) is 5. The molecule has 0 fully saturated rings. The molecule has 3 aromatic carbocycles. The van der Waals surface area contributed by atoms with Crippen LogP contribution in [0.2, 0.25) is 0 Å². The van der Waals surface area contributed by atoms with Crippen molar-refractivity contribution in [3.05, 3.63) is 102 Å². The fourth-order valence-corrected chi connectivity index (χ4v) is 3.46. The van der Waals surface area contributed by atoms with E-state index < -0.39 is 11.8 Å². The zero-order valence-corrected chi connectivity index (χ0v) is 19.6. The summed E-state index contributed by atoms with van der Waals surface area (Å²) in [6, 6.07) is 25.7. The highest BCUT2D eigenvalue weighted by Gasteiger charge is 2.23. The van der Waals surface area contributed by atoms with Crippen LogP contribution < -0.4 is 20.9 Å². The first-order valence-electron chi connectivity index (χ1n) is 10.9. The van der Waals surface area contributed by atoms with Gasteiger partial charge in [-0.25, -0.2) is 0 Å². The molecule has 0 saturated carbocycles. The minimum Gasteiger partial charge on any atom is -0.490 e. The van der Waals surface area contributed by atoms with Crippen LogP contribution in [-0.2, 0) is 9.53 Å². The molecule has 0 saturated heterocycles. The van der Waals surface area contributed by atoms with Gasteiger partial charge in [-0.1, -0.05) is 72.8 Å². The number of thiocarbonyl (C=S) groups is 1. The largest absolute Gasteiger partial charge is 0.490 e. The Kier molecular flexibility index (Phi) is 9.57. The van der Waals surface area contributed by atoms with Crippen LogP contribution in [0, 0.1) is 0 Å². The fraction of sp³-hybridized carbons (Fsp3) is 0.192. The molecule has 0 heterocycles. The second-order valence-corrected chi connectivity index (χ2v) is 7.60. The molecule has 176 valence electrons. The number of hydrazine groups is 1. The van der Waals surface area contributed by atoms with E-state index in [1.54, 1.807) is 24.3 Å². The zero-order valence-electron chi connectivity index (χ0n) is 18.8. The average Bonchev–Trinajstić information content (AvgIpc) is 2.87. The topological polar surface area (TPSA) is 88.7 Å². The summed E-state index contributed by atoms with van der Waals surface area (Å²) >= 11 is 5.22. The summed E-state index contributed by atoms with van der Waals surface area (Å²) in [4.78, 5) is 25.8. The number of carbonyl (C=O) groups is 2. The molecule has 0 radical (unpaired) electrons. The molecule has 3 aromatic rings. The van der Waals surface area contributed by atoms with Crippen LogP contribution in [0.1, 0.15) is 34.3 Å². The Morgan fingerprint density at radius 3 is 2.03 bits per heavy atom. The minimum absolute atomic E-state index is 0.0395. The SMILES string of the molecule is CCOCCOc1ccccc1C(=O)NC(=S)NNC(=O)C(c1ccccc1)c1ccccc1. The number of nitrogens with one attached hydrogen (secondary N) is 3. The molecule has 0 bridgehead atoms. The number of hydrogen-bond donors (Lipinski definition) is 3. The molecule has 2 amide bonds. The van der Waals surface area contributed by atoms with Crippen molar-refractivity contribution in [1.29, 1.82) is 0 Å². The van der Waals surface area contributed by atoms with E-state index in [9.17, 15) is 9.59 Å². The lowest BCUT2D eigenvalue weighted by Gasteiger charge is -2.19. The highest BCUT2D eigenvalue weighted by molar-refractivity contribution is 7.80. The van der Waals surface area contributed by atoms with E-state index in [-0.39, 0.29) is 11.0 Å². The van der Waals surface area contributed by atoms with Gasteiger partial charge < -0.3 is 9.47 Å². The minimum atomic E-state index is -0.548. The van der Waals surface area contributed by atoms with Crippen molar-refractivity contribution in [2.45, 2.75) is 12.8 Å². The van der Waals surface area contributed by atoms with E-state index >= 15 is 0 Å². The van der Waals surface area contributed by atoms with E-state index in [4.69, 9.17) is 21.7 Å². The second-order valence-electron chi connectivity index (χ2n) is 7.19. The Morgan fingerprint density at radius 1 is 0.824 bits per heavy atom. The third-order valence-corrected chi connectivity index (χ3v) is 5.08. The Bertz CT molecular complexity index is 1050. The molecule has 7 nitrogen and oxygen atoms in total. The molecule has 0 aromatic heterocycles. The van der Waals surface area contributed by atoms with Crippen LogP contribution in [0.4, 0.5) is 0 Å². The van der Waals surface area contributed by atoms with E-state index in [1.165, 1.54) is 0 Å². The normalized spacial score (nSPS) is 10.4. The van der Waals surface area contributed by atoms with Gasteiger partial charge in [-0.2, -0.15) is 0 Å². The third kappa shape index (κ3) is 7.13. The van der Waals surface area contributed by atoms with Crippen molar-refractivity contribution in [2.75, 3.05) is 19.8 Å². The van der Waals surface area contributed by atoms with Crippen LogP contribution >= 0.6 is 12.2 Å². The van der Waals surface area contributed by atoms with Gasteiger partial charge in [0.05, 0.1) is 18.1 Å². The molecule has 8 heteroatoms. The maximum atomic E-state index is 13.1.